The van der Waals surface area contributed by atoms with Gasteiger partial charge in [0, 0.05) is 36.8 Å². The maximum absolute atomic E-state index is 5.34. The molecule has 2 aliphatic rings. The molecule has 1 aromatic rings. The van der Waals surface area contributed by atoms with Gasteiger partial charge in [0.1, 0.15) is 5.76 Å². The van der Waals surface area contributed by atoms with Crippen LogP contribution in [0.15, 0.2) is 4.52 Å². The third kappa shape index (κ3) is 2.43. The van der Waals surface area contributed by atoms with Crippen LogP contribution >= 0.6 is 0 Å². The van der Waals surface area contributed by atoms with E-state index in [-0.39, 0.29) is 0 Å². The Morgan fingerprint density at radius 2 is 2.11 bits per heavy atom. The van der Waals surface area contributed by atoms with Crippen molar-refractivity contribution in [2.75, 3.05) is 13.1 Å². The van der Waals surface area contributed by atoms with Crippen LogP contribution in [0.2, 0.25) is 0 Å². The Balaban J connectivity index is 1.78. The summed E-state index contributed by atoms with van der Waals surface area (Å²) in [7, 11) is 0. The lowest BCUT2D eigenvalue weighted by atomic mass is 9.99. The average Bonchev–Trinajstić information content (AvgIpc) is 3.16. The van der Waals surface area contributed by atoms with Crippen molar-refractivity contribution >= 4 is 0 Å². The molecule has 4 nitrogen and oxygen atoms in total. The van der Waals surface area contributed by atoms with Gasteiger partial charge in [0.2, 0.25) is 0 Å². The Labute approximate surface area is 115 Å². The third-order valence-electron chi connectivity index (χ3n) is 4.84. The van der Waals surface area contributed by atoms with Gasteiger partial charge < -0.3 is 9.84 Å². The van der Waals surface area contributed by atoms with Crippen molar-refractivity contribution in [1.82, 2.24) is 15.4 Å². The molecule has 4 heteroatoms. The number of aryl methyl sites for hydroxylation is 2. The summed E-state index contributed by atoms with van der Waals surface area (Å²) in [6, 6.07) is 1.64. The summed E-state index contributed by atoms with van der Waals surface area (Å²) >= 11 is 0. The van der Waals surface area contributed by atoms with E-state index in [1.165, 1.54) is 18.4 Å². The molecule has 1 aromatic heterocycles. The van der Waals surface area contributed by atoms with Gasteiger partial charge in [-0.15, -0.1) is 0 Å². The van der Waals surface area contributed by atoms with E-state index in [0.29, 0.717) is 18.1 Å². The molecule has 3 rings (SSSR count). The van der Waals surface area contributed by atoms with Crippen LogP contribution in [0.3, 0.4) is 0 Å². The van der Waals surface area contributed by atoms with Crippen molar-refractivity contribution in [3.63, 3.8) is 0 Å². The first-order chi connectivity index (χ1) is 9.08. The van der Waals surface area contributed by atoms with Crippen molar-refractivity contribution in [1.29, 1.82) is 0 Å². The molecule has 1 N–H and O–H groups in total. The fourth-order valence-corrected chi connectivity index (χ4v) is 3.52. The van der Waals surface area contributed by atoms with E-state index in [2.05, 4.69) is 29.2 Å². The van der Waals surface area contributed by atoms with Gasteiger partial charge in [0.25, 0.3) is 0 Å². The van der Waals surface area contributed by atoms with Gasteiger partial charge >= 0.3 is 0 Å². The van der Waals surface area contributed by atoms with Crippen molar-refractivity contribution in [3.8, 4) is 0 Å². The Morgan fingerprint density at radius 1 is 1.37 bits per heavy atom. The highest BCUT2D eigenvalue weighted by Gasteiger charge is 2.38. The van der Waals surface area contributed by atoms with E-state index in [9.17, 15) is 0 Å². The van der Waals surface area contributed by atoms with Crippen LogP contribution in [0.5, 0.6) is 0 Å². The molecular formula is C15H25N3O. The number of nitrogens with zero attached hydrogens (tertiary/aromatic N) is 2. The standard InChI is InChI=1S/C15H25N3O/c1-9-7-16-14(13-5-6-13)8-18(9)11(3)15-10(2)17-19-12(15)4/h9,11,13-14,16H,5-8H2,1-4H3. The Kier molecular flexibility index (Phi) is 3.39. The quantitative estimate of drug-likeness (QED) is 0.909. The fraction of sp³-hybridized carbons (Fsp3) is 0.800. The highest BCUT2D eigenvalue weighted by Crippen LogP contribution is 2.36. The van der Waals surface area contributed by atoms with E-state index < -0.39 is 0 Å². The molecule has 2 fully saturated rings. The predicted molar refractivity (Wildman–Crippen MR) is 75.1 cm³/mol. The van der Waals surface area contributed by atoms with Crippen molar-refractivity contribution in [3.05, 3.63) is 17.0 Å². The maximum Gasteiger partial charge on any atom is 0.138 e. The zero-order valence-electron chi connectivity index (χ0n) is 12.4. The molecule has 3 unspecified atom stereocenters. The molecule has 1 aliphatic carbocycles. The molecule has 0 spiro atoms. The van der Waals surface area contributed by atoms with Gasteiger partial charge in [-0.2, -0.15) is 0 Å². The summed E-state index contributed by atoms with van der Waals surface area (Å²) < 4.78 is 5.34. The number of rotatable bonds is 3. The number of piperazine rings is 1. The smallest absolute Gasteiger partial charge is 0.138 e. The lowest BCUT2D eigenvalue weighted by molar-refractivity contribution is 0.0915. The van der Waals surface area contributed by atoms with Crippen LogP contribution in [-0.2, 0) is 0 Å². The summed E-state index contributed by atoms with van der Waals surface area (Å²) in [4.78, 5) is 2.62. The molecule has 0 radical (unpaired) electrons. The van der Waals surface area contributed by atoms with Crippen LogP contribution in [0.4, 0.5) is 0 Å². The lowest BCUT2D eigenvalue weighted by Crippen LogP contribution is -2.56. The molecule has 1 aliphatic heterocycles. The summed E-state index contributed by atoms with van der Waals surface area (Å²) in [5.74, 6) is 1.88. The number of aromatic nitrogens is 1. The summed E-state index contributed by atoms with van der Waals surface area (Å²) in [6.45, 7) is 10.9. The molecule has 1 saturated heterocycles. The van der Waals surface area contributed by atoms with Gasteiger partial charge in [0.05, 0.1) is 5.69 Å². The van der Waals surface area contributed by atoms with Gasteiger partial charge in [-0.25, -0.2) is 0 Å². The van der Waals surface area contributed by atoms with Gasteiger partial charge in [-0.05, 0) is 46.5 Å². The molecule has 0 bridgehead atoms. The average molecular weight is 263 g/mol. The molecule has 3 atom stereocenters. The van der Waals surface area contributed by atoms with E-state index >= 15 is 0 Å². The largest absolute Gasteiger partial charge is 0.361 e. The van der Waals surface area contributed by atoms with Gasteiger partial charge in [-0.1, -0.05) is 5.16 Å². The topological polar surface area (TPSA) is 41.3 Å². The first-order valence-corrected chi connectivity index (χ1v) is 7.49. The van der Waals surface area contributed by atoms with E-state index in [4.69, 9.17) is 4.52 Å². The normalized spacial score (nSPS) is 30.5. The number of hydrogen-bond acceptors (Lipinski definition) is 4. The summed E-state index contributed by atoms with van der Waals surface area (Å²) in [6.07, 6.45) is 2.80. The van der Waals surface area contributed by atoms with Gasteiger partial charge in [-0.3, -0.25) is 4.90 Å². The summed E-state index contributed by atoms with van der Waals surface area (Å²) in [5.41, 5.74) is 2.32. The molecular weight excluding hydrogens is 238 g/mol. The maximum atomic E-state index is 5.34. The molecule has 19 heavy (non-hydrogen) atoms. The van der Waals surface area contributed by atoms with Crippen LogP contribution in [-0.4, -0.2) is 35.2 Å². The highest BCUT2D eigenvalue weighted by atomic mass is 16.5. The van der Waals surface area contributed by atoms with Crippen LogP contribution in [0, 0.1) is 19.8 Å². The SMILES string of the molecule is Cc1noc(C)c1C(C)N1CC(C2CC2)NCC1C. The van der Waals surface area contributed by atoms with E-state index in [1.807, 2.05) is 13.8 Å². The second kappa shape index (κ2) is 4.91. The monoisotopic (exact) mass is 263 g/mol. The molecule has 1 saturated carbocycles. The third-order valence-corrected chi connectivity index (χ3v) is 4.84. The molecule has 0 aromatic carbocycles. The van der Waals surface area contributed by atoms with Crippen molar-refractivity contribution in [2.45, 2.75) is 58.7 Å². The first-order valence-electron chi connectivity index (χ1n) is 7.49. The van der Waals surface area contributed by atoms with E-state index in [0.717, 1.165) is 30.5 Å². The van der Waals surface area contributed by atoms with Crippen molar-refractivity contribution in [2.24, 2.45) is 5.92 Å². The Morgan fingerprint density at radius 3 is 2.68 bits per heavy atom. The zero-order chi connectivity index (χ0) is 13.6. The highest BCUT2D eigenvalue weighted by molar-refractivity contribution is 5.25. The minimum absolute atomic E-state index is 0.393. The fourth-order valence-electron chi connectivity index (χ4n) is 3.52. The molecule has 0 amide bonds. The van der Waals surface area contributed by atoms with E-state index in [1.54, 1.807) is 0 Å². The Hall–Kier alpha value is -0.870. The second-order valence-electron chi connectivity index (χ2n) is 6.31. The van der Waals surface area contributed by atoms with Gasteiger partial charge in [0.15, 0.2) is 0 Å². The lowest BCUT2D eigenvalue weighted by Gasteiger charge is -2.42. The number of hydrogen-bond donors (Lipinski definition) is 1. The first kappa shape index (κ1) is 13.1. The Bertz CT molecular complexity index is 433. The summed E-state index contributed by atoms with van der Waals surface area (Å²) in [5, 5.41) is 7.82. The second-order valence-corrected chi connectivity index (χ2v) is 6.31. The molecule has 106 valence electrons. The minimum atomic E-state index is 0.393. The molecule has 2 heterocycles. The van der Waals surface area contributed by atoms with Crippen LogP contribution < -0.4 is 5.32 Å². The van der Waals surface area contributed by atoms with Crippen molar-refractivity contribution < 1.29 is 4.52 Å². The zero-order valence-corrected chi connectivity index (χ0v) is 12.4. The van der Waals surface area contributed by atoms with Crippen LogP contribution in [0.25, 0.3) is 0 Å². The minimum Gasteiger partial charge on any atom is -0.361 e. The van der Waals surface area contributed by atoms with Crippen LogP contribution in [0.1, 0.15) is 49.7 Å². The predicted octanol–water partition coefficient (Wildman–Crippen LogP) is 2.42. The number of nitrogens with one attached hydrogen (secondary N) is 1.